The molecule has 1 fully saturated rings. The molecule has 1 aromatic heterocycles. The molecular formula is C46H32O. The van der Waals surface area contributed by atoms with Gasteiger partial charge in [0, 0.05) is 10.8 Å². The smallest absolute Gasteiger partial charge is 0.136 e. The van der Waals surface area contributed by atoms with Crippen molar-refractivity contribution in [2.45, 2.75) is 25.7 Å². The third-order valence-corrected chi connectivity index (χ3v) is 10.4. The highest BCUT2D eigenvalue weighted by Crippen LogP contribution is 2.48. The van der Waals surface area contributed by atoms with Crippen molar-refractivity contribution in [2.24, 2.45) is 0 Å². The average Bonchev–Trinajstić information content (AvgIpc) is 3.92. The van der Waals surface area contributed by atoms with Gasteiger partial charge in [-0.3, -0.25) is 0 Å². The van der Waals surface area contributed by atoms with Gasteiger partial charge in [0.05, 0.1) is 0 Å². The number of benzene rings is 8. The molecule has 1 aliphatic rings. The second kappa shape index (κ2) is 10.2. The molecule has 1 nitrogen and oxygen atoms in total. The summed E-state index contributed by atoms with van der Waals surface area (Å²) in [5, 5.41) is 10.2. The lowest BCUT2D eigenvalue weighted by Crippen LogP contribution is -1.90. The van der Waals surface area contributed by atoms with Gasteiger partial charge in [-0.15, -0.1) is 0 Å². The van der Waals surface area contributed by atoms with Crippen molar-refractivity contribution in [1.82, 2.24) is 0 Å². The molecule has 47 heavy (non-hydrogen) atoms. The molecule has 8 aromatic carbocycles. The highest BCUT2D eigenvalue weighted by Gasteiger charge is 2.28. The van der Waals surface area contributed by atoms with Crippen LogP contribution in [0.5, 0.6) is 0 Å². The molecule has 0 atom stereocenters. The summed E-state index contributed by atoms with van der Waals surface area (Å²) in [6.45, 7) is 2.21. The molecule has 1 heterocycles. The summed E-state index contributed by atoms with van der Waals surface area (Å²) >= 11 is 0. The Bertz CT molecular complexity index is 2670. The number of fused-ring (bicyclic) bond motifs is 9. The Morgan fingerprint density at radius 2 is 0.957 bits per heavy atom. The Hall–Kier alpha value is -5.66. The summed E-state index contributed by atoms with van der Waals surface area (Å²) in [5.41, 5.74) is 12.2. The van der Waals surface area contributed by atoms with Gasteiger partial charge in [-0.1, -0.05) is 109 Å². The Labute approximate surface area is 273 Å². The summed E-state index contributed by atoms with van der Waals surface area (Å²) in [6, 6.07) is 53.6. The molecule has 9 aromatic rings. The zero-order valence-electron chi connectivity index (χ0n) is 26.3. The predicted molar refractivity (Wildman–Crippen MR) is 199 cm³/mol. The molecule has 0 bridgehead atoms. The van der Waals surface area contributed by atoms with Gasteiger partial charge in [-0.05, 0) is 139 Å². The van der Waals surface area contributed by atoms with Gasteiger partial charge >= 0.3 is 0 Å². The fourth-order valence-electron chi connectivity index (χ4n) is 7.82. The van der Waals surface area contributed by atoms with Gasteiger partial charge in [0.25, 0.3) is 0 Å². The normalized spacial score (nSPS) is 13.4. The molecule has 0 amide bonds. The first kappa shape index (κ1) is 26.5. The van der Waals surface area contributed by atoms with Crippen LogP contribution in [-0.4, -0.2) is 0 Å². The number of hydrogen-bond acceptors (Lipinski definition) is 1. The zero-order chi connectivity index (χ0) is 31.1. The highest BCUT2D eigenvalue weighted by atomic mass is 16.3. The first-order chi connectivity index (χ1) is 23.2. The topological polar surface area (TPSA) is 13.1 Å². The fraction of sp³-hybridized carbons (Fsp3) is 0.0870. The summed E-state index contributed by atoms with van der Waals surface area (Å²) in [4.78, 5) is 0. The second-order valence-electron chi connectivity index (χ2n) is 13.3. The van der Waals surface area contributed by atoms with E-state index in [1.54, 1.807) is 0 Å². The lowest BCUT2D eigenvalue weighted by molar-refractivity contribution is 0.669. The molecule has 0 saturated heterocycles. The van der Waals surface area contributed by atoms with Crippen LogP contribution in [0.2, 0.25) is 0 Å². The van der Waals surface area contributed by atoms with Gasteiger partial charge in [0.15, 0.2) is 0 Å². The lowest BCUT2D eigenvalue weighted by atomic mass is 9.91. The maximum atomic E-state index is 6.50. The molecule has 0 unspecified atom stereocenters. The molecule has 1 saturated carbocycles. The van der Waals surface area contributed by atoms with Crippen LogP contribution in [0.1, 0.15) is 29.9 Å². The van der Waals surface area contributed by atoms with E-state index in [4.69, 9.17) is 4.42 Å². The van der Waals surface area contributed by atoms with Crippen LogP contribution in [0.25, 0.3) is 87.6 Å². The molecule has 0 aliphatic heterocycles. The lowest BCUT2D eigenvalue weighted by Gasteiger charge is -2.12. The van der Waals surface area contributed by atoms with Crippen LogP contribution >= 0.6 is 0 Å². The van der Waals surface area contributed by atoms with Crippen LogP contribution in [-0.2, 0) is 0 Å². The van der Waals surface area contributed by atoms with Crippen LogP contribution in [0, 0.1) is 6.92 Å². The van der Waals surface area contributed by atoms with E-state index in [1.807, 2.05) is 0 Å². The van der Waals surface area contributed by atoms with E-state index in [-0.39, 0.29) is 0 Å². The predicted octanol–water partition coefficient (Wildman–Crippen LogP) is 13.2. The minimum absolute atomic E-state index is 0.635. The third-order valence-electron chi connectivity index (χ3n) is 10.4. The third kappa shape index (κ3) is 4.23. The van der Waals surface area contributed by atoms with E-state index in [0.717, 1.165) is 11.2 Å². The second-order valence-corrected chi connectivity index (χ2v) is 13.3. The van der Waals surface area contributed by atoms with E-state index in [2.05, 4.69) is 153 Å². The average molecular weight is 601 g/mol. The number of aryl methyl sites for hydroxylation is 1. The molecule has 0 spiro atoms. The first-order valence-electron chi connectivity index (χ1n) is 16.7. The van der Waals surface area contributed by atoms with Crippen molar-refractivity contribution in [3.05, 3.63) is 157 Å². The monoisotopic (exact) mass is 600 g/mol. The van der Waals surface area contributed by atoms with Crippen molar-refractivity contribution in [3.8, 4) is 33.4 Å². The van der Waals surface area contributed by atoms with Crippen molar-refractivity contribution in [1.29, 1.82) is 0 Å². The maximum absolute atomic E-state index is 6.50. The molecule has 0 N–H and O–H groups in total. The molecule has 0 radical (unpaired) electrons. The van der Waals surface area contributed by atoms with Crippen molar-refractivity contribution in [2.75, 3.05) is 0 Å². The van der Waals surface area contributed by atoms with Crippen LogP contribution in [0.4, 0.5) is 0 Å². The SMILES string of the molecule is Cc1ccccc1-c1cc2oc3ccc(-c4cccc(-c5ccc6c7ccccc7c7ccccc7c6c5)c4)cc3c2cc1C1CC1. The zero-order valence-corrected chi connectivity index (χ0v) is 26.3. The van der Waals surface area contributed by atoms with Crippen LogP contribution in [0.15, 0.2) is 150 Å². The van der Waals surface area contributed by atoms with E-state index in [1.165, 1.54) is 100 Å². The number of hydrogen-bond donors (Lipinski definition) is 0. The largest absolute Gasteiger partial charge is 0.456 e. The van der Waals surface area contributed by atoms with E-state index < -0.39 is 0 Å². The maximum Gasteiger partial charge on any atom is 0.136 e. The highest BCUT2D eigenvalue weighted by molar-refractivity contribution is 6.25. The molecule has 10 rings (SSSR count). The Balaban J connectivity index is 1.10. The summed E-state index contributed by atoms with van der Waals surface area (Å²) in [7, 11) is 0. The minimum Gasteiger partial charge on any atom is -0.456 e. The van der Waals surface area contributed by atoms with E-state index in [9.17, 15) is 0 Å². The summed E-state index contributed by atoms with van der Waals surface area (Å²) in [5.74, 6) is 0.635. The van der Waals surface area contributed by atoms with Crippen LogP contribution < -0.4 is 0 Å². The van der Waals surface area contributed by atoms with Crippen molar-refractivity contribution >= 4 is 54.3 Å². The molecule has 1 aliphatic carbocycles. The van der Waals surface area contributed by atoms with Crippen molar-refractivity contribution in [3.63, 3.8) is 0 Å². The van der Waals surface area contributed by atoms with Crippen LogP contribution in [0.3, 0.4) is 0 Å². The quantitative estimate of drug-likeness (QED) is 0.183. The molecule has 1 heteroatoms. The van der Waals surface area contributed by atoms with Gasteiger partial charge < -0.3 is 4.42 Å². The van der Waals surface area contributed by atoms with Gasteiger partial charge in [-0.25, -0.2) is 0 Å². The number of rotatable bonds is 4. The molecule has 222 valence electrons. The Kier molecular flexibility index (Phi) is 5.75. The van der Waals surface area contributed by atoms with E-state index in [0.29, 0.717) is 5.92 Å². The Morgan fingerprint density at radius 3 is 1.64 bits per heavy atom. The van der Waals surface area contributed by atoms with E-state index >= 15 is 0 Å². The van der Waals surface area contributed by atoms with Gasteiger partial charge in [0.2, 0.25) is 0 Å². The summed E-state index contributed by atoms with van der Waals surface area (Å²) < 4.78 is 6.50. The standard InChI is InChI=1S/C46H32O/c1-28-9-2-3-12-34(28)42-27-46-44(26-40(42)29-17-18-29)43-25-33(20-22-45(43)47-46)31-11-8-10-30(23-31)32-19-21-39-37-15-5-4-13-35(37)36-14-6-7-16-38(36)41(39)24-32/h2-16,19-27,29H,17-18H2,1H3. The molecular weight excluding hydrogens is 569 g/mol. The van der Waals surface area contributed by atoms with Gasteiger partial charge in [0.1, 0.15) is 11.2 Å². The van der Waals surface area contributed by atoms with Crippen molar-refractivity contribution < 1.29 is 4.42 Å². The number of furan rings is 1. The minimum atomic E-state index is 0.635. The first-order valence-corrected chi connectivity index (χ1v) is 16.7. The Morgan fingerprint density at radius 1 is 0.404 bits per heavy atom. The van der Waals surface area contributed by atoms with Gasteiger partial charge in [-0.2, -0.15) is 0 Å². The summed E-state index contributed by atoms with van der Waals surface area (Å²) in [6.07, 6.45) is 2.53. The fourth-order valence-corrected chi connectivity index (χ4v) is 7.82.